The SMILES string of the molecule is CCCCc1cc(C(C)(C)C)c(O)c(C(C)(C)C)c1.CCc1cc(C(C)(C)C)c(O)c(C(C)(C)C)c1.Cc1cc(C(C)(C)C)c(O)c(C(C)(C)C)c1.Cc1cc(C)c(O)c(C(C)(C)C)c1. The van der Waals surface area contributed by atoms with Crippen LogP contribution in [0.15, 0.2) is 48.5 Å². The molecule has 4 N–H and O–H groups in total. The minimum Gasteiger partial charge on any atom is -0.507 e. The van der Waals surface area contributed by atoms with Crippen LogP contribution >= 0.6 is 0 Å². The number of benzene rings is 4. The maximum atomic E-state index is 10.6. The van der Waals surface area contributed by atoms with Crippen LogP contribution in [0.25, 0.3) is 0 Å². The van der Waals surface area contributed by atoms with Crippen LogP contribution in [0.2, 0.25) is 0 Å². The molecule has 0 aliphatic heterocycles. The zero-order chi connectivity index (χ0) is 51.2. The van der Waals surface area contributed by atoms with E-state index in [2.05, 4.69) is 216 Å². The molecule has 366 valence electrons. The van der Waals surface area contributed by atoms with Gasteiger partial charge >= 0.3 is 0 Å². The van der Waals surface area contributed by atoms with Gasteiger partial charge in [0.1, 0.15) is 23.0 Å². The third-order valence-corrected chi connectivity index (χ3v) is 11.9. The Bertz CT molecular complexity index is 2060. The lowest BCUT2D eigenvalue weighted by Gasteiger charge is -2.28. The minimum absolute atomic E-state index is 0.0147. The molecule has 4 rings (SSSR count). The van der Waals surface area contributed by atoms with Crippen molar-refractivity contribution < 1.29 is 20.4 Å². The molecular weight excluding hydrogens is 797 g/mol. The molecule has 0 saturated carbocycles. The van der Waals surface area contributed by atoms with E-state index in [1.165, 1.54) is 35.1 Å². The third-order valence-electron chi connectivity index (χ3n) is 11.9. The van der Waals surface area contributed by atoms with Crippen LogP contribution < -0.4 is 0 Å². The van der Waals surface area contributed by atoms with E-state index in [1.54, 1.807) is 0 Å². The Morgan fingerprint density at radius 1 is 0.323 bits per heavy atom. The van der Waals surface area contributed by atoms with Gasteiger partial charge in [-0.25, -0.2) is 0 Å². The Hall–Kier alpha value is -3.92. The number of hydrogen-bond donors (Lipinski definition) is 4. The van der Waals surface area contributed by atoms with Crippen molar-refractivity contribution >= 4 is 0 Å². The largest absolute Gasteiger partial charge is 0.507 e. The summed E-state index contributed by atoms with van der Waals surface area (Å²) >= 11 is 0. The van der Waals surface area contributed by atoms with Crippen molar-refractivity contribution in [2.75, 3.05) is 0 Å². The molecule has 0 heterocycles. The van der Waals surface area contributed by atoms with E-state index < -0.39 is 0 Å². The second kappa shape index (κ2) is 21.8. The van der Waals surface area contributed by atoms with Crippen LogP contribution in [-0.4, -0.2) is 20.4 Å². The van der Waals surface area contributed by atoms with E-state index >= 15 is 0 Å². The first-order valence-electron chi connectivity index (χ1n) is 24.4. The second-order valence-electron chi connectivity index (χ2n) is 26.0. The lowest BCUT2D eigenvalue weighted by Crippen LogP contribution is -2.17. The normalized spacial score (nSPS) is 12.6. The summed E-state index contributed by atoms with van der Waals surface area (Å²) in [6, 6.07) is 16.9. The van der Waals surface area contributed by atoms with Gasteiger partial charge in [-0.05, 0) is 134 Å². The van der Waals surface area contributed by atoms with Gasteiger partial charge in [0, 0.05) is 0 Å². The summed E-state index contributed by atoms with van der Waals surface area (Å²) < 4.78 is 0. The molecule has 0 aromatic heterocycles. The van der Waals surface area contributed by atoms with Crippen LogP contribution in [0, 0.1) is 20.8 Å². The molecule has 0 aliphatic rings. The quantitative estimate of drug-likeness (QED) is 0.165. The number of phenolic OH excluding ortho intramolecular Hbond substituents is 4. The van der Waals surface area contributed by atoms with Crippen molar-refractivity contribution in [2.45, 2.75) is 244 Å². The monoisotopic (exact) mass is 895 g/mol. The van der Waals surface area contributed by atoms with Crippen molar-refractivity contribution in [2.24, 2.45) is 0 Å². The molecule has 0 amide bonds. The molecular formula is C61H98O4. The topological polar surface area (TPSA) is 80.9 Å². The van der Waals surface area contributed by atoms with E-state index in [0.717, 1.165) is 57.3 Å². The van der Waals surface area contributed by atoms with Gasteiger partial charge < -0.3 is 20.4 Å². The minimum atomic E-state index is -0.0215. The van der Waals surface area contributed by atoms with Crippen LogP contribution in [0.5, 0.6) is 23.0 Å². The van der Waals surface area contributed by atoms with Crippen LogP contribution in [0.4, 0.5) is 0 Å². The van der Waals surface area contributed by atoms with Gasteiger partial charge in [0.05, 0.1) is 0 Å². The fourth-order valence-electron chi connectivity index (χ4n) is 7.86. The van der Waals surface area contributed by atoms with E-state index in [0.29, 0.717) is 23.0 Å². The number of aryl methyl sites for hydroxylation is 5. The van der Waals surface area contributed by atoms with E-state index in [1.807, 2.05) is 13.0 Å². The average Bonchev–Trinajstić information content (AvgIpc) is 3.11. The Kier molecular flexibility index (Phi) is 19.8. The number of phenols is 4. The number of rotatable bonds is 4. The van der Waals surface area contributed by atoms with Gasteiger partial charge in [0.25, 0.3) is 0 Å². The third kappa shape index (κ3) is 17.3. The van der Waals surface area contributed by atoms with E-state index in [9.17, 15) is 20.4 Å². The Balaban J connectivity index is 0.000000437. The Labute approximate surface area is 400 Å². The Morgan fingerprint density at radius 2 is 0.554 bits per heavy atom. The molecule has 0 aliphatic carbocycles. The summed E-state index contributed by atoms with van der Waals surface area (Å²) in [5.41, 5.74) is 13.3. The van der Waals surface area contributed by atoms with Crippen molar-refractivity contribution in [1.29, 1.82) is 0 Å². The number of unbranched alkanes of at least 4 members (excludes halogenated alkanes) is 1. The maximum Gasteiger partial charge on any atom is 0.123 e. The lowest BCUT2D eigenvalue weighted by atomic mass is 9.78. The summed E-state index contributed by atoms with van der Waals surface area (Å²) in [7, 11) is 0. The average molecular weight is 895 g/mol. The first-order chi connectivity index (χ1) is 29.0. The van der Waals surface area contributed by atoms with Crippen molar-refractivity contribution in [3.63, 3.8) is 0 Å². The van der Waals surface area contributed by atoms with Gasteiger partial charge in [-0.3, -0.25) is 0 Å². The first kappa shape index (κ1) is 59.1. The van der Waals surface area contributed by atoms with Crippen molar-refractivity contribution in [3.05, 3.63) is 115 Å². The molecule has 65 heavy (non-hydrogen) atoms. The zero-order valence-corrected chi connectivity index (χ0v) is 46.7. The highest BCUT2D eigenvalue weighted by molar-refractivity contribution is 5.52. The number of hydrogen-bond acceptors (Lipinski definition) is 4. The van der Waals surface area contributed by atoms with Gasteiger partial charge in [-0.15, -0.1) is 0 Å². The summed E-state index contributed by atoms with van der Waals surface area (Å²) in [5.74, 6) is 1.87. The standard InChI is InChI=1S/C18H30O.C16H26O.C15H24O.C12H18O/c1-8-9-10-13-11-14(17(2,3)4)16(19)15(12-13)18(5,6)7;1-8-11-9-12(15(2,3)4)14(17)13(10-11)16(5,6)7;1-10-8-11(14(2,3)4)13(16)12(9-10)15(5,6)7;1-8-6-9(2)11(13)10(7-8)12(3,4)5/h11-12,19H,8-10H2,1-7H3;9-10,17H,8H2,1-7H3;8-9,16H,1-7H3;6-7,13H,1-5H3. The molecule has 0 atom stereocenters. The fourth-order valence-corrected chi connectivity index (χ4v) is 7.86. The molecule has 0 saturated heterocycles. The van der Waals surface area contributed by atoms with Crippen LogP contribution in [0.1, 0.15) is 239 Å². The smallest absolute Gasteiger partial charge is 0.123 e. The first-order valence-corrected chi connectivity index (χ1v) is 24.4. The van der Waals surface area contributed by atoms with Gasteiger partial charge in [0.2, 0.25) is 0 Å². The van der Waals surface area contributed by atoms with E-state index in [4.69, 9.17) is 0 Å². The van der Waals surface area contributed by atoms with E-state index in [-0.39, 0.29) is 37.9 Å². The summed E-state index contributed by atoms with van der Waals surface area (Å²) in [6.45, 7) is 55.5. The molecule has 4 heteroatoms. The second-order valence-corrected chi connectivity index (χ2v) is 26.0. The highest BCUT2D eigenvalue weighted by Crippen LogP contribution is 2.42. The molecule has 4 aromatic rings. The maximum absolute atomic E-state index is 10.6. The molecule has 0 radical (unpaired) electrons. The van der Waals surface area contributed by atoms with Gasteiger partial charge in [-0.1, -0.05) is 225 Å². The summed E-state index contributed by atoms with van der Waals surface area (Å²) in [4.78, 5) is 0. The summed E-state index contributed by atoms with van der Waals surface area (Å²) in [6.07, 6.45) is 4.52. The predicted molar refractivity (Wildman–Crippen MR) is 286 cm³/mol. The number of aromatic hydroxyl groups is 4. The molecule has 4 nitrogen and oxygen atoms in total. The molecule has 0 unspecified atom stereocenters. The molecule has 0 spiro atoms. The molecule has 0 fully saturated rings. The van der Waals surface area contributed by atoms with Crippen molar-refractivity contribution in [1.82, 2.24) is 0 Å². The molecule has 0 bridgehead atoms. The highest BCUT2D eigenvalue weighted by Gasteiger charge is 2.29. The van der Waals surface area contributed by atoms with Crippen LogP contribution in [0.3, 0.4) is 0 Å². The zero-order valence-electron chi connectivity index (χ0n) is 46.7. The van der Waals surface area contributed by atoms with Gasteiger partial charge in [0.15, 0.2) is 0 Å². The lowest BCUT2D eigenvalue weighted by molar-refractivity contribution is 0.421. The van der Waals surface area contributed by atoms with Crippen LogP contribution in [-0.2, 0) is 50.7 Å². The Morgan fingerprint density at radius 3 is 0.800 bits per heavy atom. The summed E-state index contributed by atoms with van der Waals surface area (Å²) in [5, 5.41) is 41.3. The predicted octanol–water partition coefficient (Wildman–Crippen LogP) is 17.5. The van der Waals surface area contributed by atoms with Crippen molar-refractivity contribution in [3.8, 4) is 23.0 Å². The fraction of sp³-hybridized carbons (Fsp3) is 0.607. The van der Waals surface area contributed by atoms with Gasteiger partial charge in [-0.2, -0.15) is 0 Å². The molecule has 4 aromatic carbocycles. The highest BCUT2D eigenvalue weighted by atomic mass is 16.3.